The zero-order chi connectivity index (χ0) is 21.5. The fourth-order valence-corrected chi connectivity index (χ4v) is 6.21. The van der Waals surface area contributed by atoms with Gasteiger partial charge in [-0.25, -0.2) is 4.79 Å². The van der Waals surface area contributed by atoms with Gasteiger partial charge in [0.25, 0.3) is 0 Å². The van der Waals surface area contributed by atoms with E-state index in [1.54, 1.807) is 7.11 Å². The summed E-state index contributed by atoms with van der Waals surface area (Å²) in [5.74, 6) is 0.917. The van der Waals surface area contributed by atoms with Gasteiger partial charge in [0.05, 0.1) is 12.2 Å². The molecule has 1 saturated heterocycles. The third-order valence-electron chi connectivity index (χ3n) is 8.23. The zero-order valence-corrected chi connectivity index (χ0v) is 19.1. The maximum Gasteiger partial charge on any atom is 0.407 e. The normalized spacial score (nSPS) is 45.0. The molecule has 6 heteroatoms. The van der Waals surface area contributed by atoms with Crippen LogP contribution in [0.15, 0.2) is 11.6 Å². The fourth-order valence-electron chi connectivity index (χ4n) is 6.21. The topological polar surface area (TPSA) is 86.1 Å². The Balaban J connectivity index is 1.40. The first kappa shape index (κ1) is 22.1. The molecule has 30 heavy (non-hydrogen) atoms. The average molecular weight is 421 g/mol. The Labute approximate surface area is 181 Å². The standard InChI is InChI=1S/C24H40N2O4/c1-15(2)5-6-16-13-23(16,3)21-20(28-4)19(11-12-24(21)14-29-24)30-22(27)26-18-9-7-17(25)8-10-18/h5,16-21H,6-14,25H2,1-4H3,(H,26,27)/t16-,17-,18-,19?,20?,21?,23?,24-/m0/s1. The molecule has 0 aromatic rings. The van der Waals surface area contributed by atoms with E-state index >= 15 is 0 Å². The number of allylic oxidation sites excluding steroid dienone is 2. The summed E-state index contributed by atoms with van der Waals surface area (Å²) in [4.78, 5) is 12.7. The molecule has 3 saturated carbocycles. The number of ether oxygens (including phenoxy) is 3. The monoisotopic (exact) mass is 420 g/mol. The molecule has 170 valence electrons. The Morgan fingerprint density at radius 3 is 2.53 bits per heavy atom. The molecule has 1 heterocycles. The van der Waals surface area contributed by atoms with Crippen molar-refractivity contribution in [3.05, 3.63) is 11.6 Å². The van der Waals surface area contributed by atoms with Gasteiger partial charge < -0.3 is 25.3 Å². The SMILES string of the molecule is COC1C(OC(=O)N[C@H]2CC[C@H](N)CC2)CC[C@]2(CO2)C1C1(C)C[C@@H]1CC=C(C)C. The predicted molar refractivity (Wildman–Crippen MR) is 116 cm³/mol. The molecule has 6 nitrogen and oxygen atoms in total. The van der Waals surface area contributed by atoms with E-state index in [1.807, 2.05) is 0 Å². The van der Waals surface area contributed by atoms with Gasteiger partial charge in [0.15, 0.2) is 0 Å². The second-order valence-corrected chi connectivity index (χ2v) is 10.7. The fraction of sp³-hybridized carbons (Fsp3) is 0.875. The van der Waals surface area contributed by atoms with Crippen LogP contribution in [0.25, 0.3) is 0 Å². The van der Waals surface area contributed by atoms with Gasteiger partial charge in [-0.15, -0.1) is 0 Å². The number of carbonyl (C=O) groups excluding carboxylic acids is 1. The number of methoxy groups -OCH3 is 1. The molecule has 0 radical (unpaired) electrons. The molecule has 4 aliphatic rings. The van der Waals surface area contributed by atoms with E-state index in [4.69, 9.17) is 19.9 Å². The van der Waals surface area contributed by atoms with Crippen molar-refractivity contribution in [2.75, 3.05) is 13.7 Å². The summed E-state index contributed by atoms with van der Waals surface area (Å²) in [6.07, 6.45) is 9.52. The molecular formula is C24H40N2O4. The Bertz CT molecular complexity index is 664. The molecule has 1 spiro atoms. The van der Waals surface area contributed by atoms with Crippen LogP contribution in [0.1, 0.15) is 72.1 Å². The van der Waals surface area contributed by atoms with Crippen molar-refractivity contribution in [3.63, 3.8) is 0 Å². The van der Waals surface area contributed by atoms with Crippen LogP contribution in [0.4, 0.5) is 4.79 Å². The van der Waals surface area contributed by atoms with Crippen LogP contribution >= 0.6 is 0 Å². The third kappa shape index (κ3) is 4.42. The van der Waals surface area contributed by atoms with Gasteiger partial charge in [-0.2, -0.15) is 0 Å². The molecular weight excluding hydrogens is 380 g/mol. The summed E-state index contributed by atoms with van der Waals surface area (Å²) in [6, 6.07) is 0.439. The van der Waals surface area contributed by atoms with Crippen molar-refractivity contribution < 1.29 is 19.0 Å². The lowest BCUT2D eigenvalue weighted by Crippen LogP contribution is -2.54. The highest BCUT2D eigenvalue weighted by molar-refractivity contribution is 5.68. The molecule has 4 unspecified atom stereocenters. The molecule has 0 aromatic heterocycles. The number of hydrogen-bond acceptors (Lipinski definition) is 5. The molecule has 0 bridgehead atoms. The van der Waals surface area contributed by atoms with Gasteiger partial charge in [0.1, 0.15) is 12.2 Å². The average Bonchev–Trinajstić information content (AvgIpc) is 3.61. The highest BCUT2D eigenvalue weighted by Crippen LogP contribution is 2.68. The largest absolute Gasteiger partial charge is 0.443 e. The van der Waals surface area contributed by atoms with Crippen LogP contribution in [-0.2, 0) is 14.2 Å². The summed E-state index contributed by atoms with van der Waals surface area (Å²) >= 11 is 0. The van der Waals surface area contributed by atoms with E-state index < -0.39 is 0 Å². The van der Waals surface area contributed by atoms with E-state index in [9.17, 15) is 4.79 Å². The highest BCUT2D eigenvalue weighted by atomic mass is 16.6. The quantitative estimate of drug-likeness (QED) is 0.502. The number of hydrogen-bond donors (Lipinski definition) is 2. The number of nitrogens with one attached hydrogen (secondary N) is 1. The first-order valence-corrected chi connectivity index (χ1v) is 11.8. The predicted octanol–water partition coefficient (Wildman–Crippen LogP) is 3.93. The first-order valence-electron chi connectivity index (χ1n) is 11.8. The number of alkyl carbamates (subject to hydrolysis) is 1. The van der Waals surface area contributed by atoms with Crippen molar-refractivity contribution in [1.29, 1.82) is 0 Å². The lowest BCUT2D eigenvalue weighted by atomic mass is 9.67. The summed E-state index contributed by atoms with van der Waals surface area (Å²) < 4.78 is 18.0. The van der Waals surface area contributed by atoms with E-state index in [0.717, 1.165) is 51.6 Å². The first-order chi connectivity index (χ1) is 14.3. The van der Waals surface area contributed by atoms with Crippen molar-refractivity contribution in [3.8, 4) is 0 Å². The minimum absolute atomic E-state index is 0.0784. The van der Waals surface area contributed by atoms with Gasteiger partial charge >= 0.3 is 6.09 Å². The summed E-state index contributed by atoms with van der Waals surface area (Å²) in [6.45, 7) is 7.51. The zero-order valence-electron chi connectivity index (χ0n) is 19.1. The van der Waals surface area contributed by atoms with Crippen molar-refractivity contribution >= 4 is 6.09 Å². The van der Waals surface area contributed by atoms with Crippen LogP contribution < -0.4 is 11.1 Å². The molecule has 4 rings (SSSR count). The van der Waals surface area contributed by atoms with Gasteiger partial charge in [-0.05, 0) is 76.5 Å². The molecule has 0 aromatic carbocycles. The minimum Gasteiger partial charge on any atom is -0.443 e. The molecule has 4 fully saturated rings. The van der Waals surface area contributed by atoms with E-state index in [2.05, 4.69) is 32.2 Å². The van der Waals surface area contributed by atoms with E-state index in [-0.39, 0.29) is 47.3 Å². The minimum atomic E-state index is -0.309. The van der Waals surface area contributed by atoms with Crippen LogP contribution in [-0.4, -0.2) is 49.7 Å². The van der Waals surface area contributed by atoms with Gasteiger partial charge in [0.2, 0.25) is 0 Å². The summed E-state index contributed by atoms with van der Waals surface area (Å²) in [7, 11) is 1.76. The molecule has 3 aliphatic carbocycles. The molecule has 6 atom stereocenters. The van der Waals surface area contributed by atoms with Crippen molar-refractivity contribution in [2.45, 2.75) is 102 Å². The van der Waals surface area contributed by atoms with Gasteiger partial charge in [-0.3, -0.25) is 0 Å². The lowest BCUT2D eigenvalue weighted by Gasteiger charge is -2.44. The van der Waals surface area contributed by atoms with Crippen LogP contribution in [0.5, 0.6) is 0 Å². The Hall–Kier alpha value is -1.11. The third-order valence-corrected chi connectivity index (χ3v) is 8.23. The molecule has 1 amide bonds. The van der Waals surface area contributed by atoms with Crippen molar-refractivity contribution in [2.24, 2.45) is 23.0 Å². The van der Waals surface area contributed by atoms with Crippen molar-refractivity contribution in [1.82, 2.24) is 5.32 Å². The molecule has 1 aliphatic heterocycles. The van der Waals surface area contributed by atoms with Crippen LogP contribution in [0.3, 0.4) is 0 Å². The van der Waals surface area contributed by atoms with Crippen LogP contribution in [0.2, 0.25) is 0 Å². The Morgan fingerprint density at radius 2 is 1.93 bits per heavy atom. The lowest BCUT2D eigenvalue weighted by molar-refractivity contribution is -0.120. The van der Waals surface area contributed by atoms with Gasteiger partial charge in [-0.1, -0.05) is 18.6 Å². The maximum atomic E-state index is 12.7. The van der Waals surface area contributed by atoms with E-state index in [0.29, 0.717) is 5.92 Å². The van der Waals surface area contributed by atoms with E-state index in [1.165, 1.54) is 12.0 Å². The number of rotatable bonds is 6. The number of epoxide rings is 1. The van der Waals surface area contributed by atoms with Gasteiger partial charge in [0, 0.05) is 25.1 Å². The Morgan fingerprint density at radius 1 is 1.23 bits per heavy atom. The Kier molecular flexibility index (Phi) is 6.21. The summed E-state index contributed by atoms with van der Waals surface area (Å²) in [5.41, 5.74) is 7.45. The second kappa shape index (κ2) is 8.44. The number of nitrogens with two attached hydrogens (primary N) is 1. The smallest absolute Gasteiger partial charge is 0.407 e. The number of carbonyl (C=O) groups is 1. The maximum absolute atomic E-state index is 12.7. The molecule has 3 N–H and O–H groups in total. The van der Waals surface area contributed by atoms with Crippen LogP contribution in [0, 0.1) is 17.3 Å². The highest BCUT2D eigenvalue weighted by Gasteiger charge is 2.70. The number of amides is 1. The second-order valence-electron chi connectivity index (χ2n) is 10.7. The summed E-state index contributed by atoms with van der Waals surface area (Å²) in [5, 5.41) is 3.07.